The highest BCUT2D eigenvalue weighted by Crippen LogP contribution is 2.32. The zero-order valence-corrected chi connectivity index (χ0v) is 6.62. The molecule has 3 nitrogen and oxygen atoms in total. The number of hydrogen-bond acceptors (Lipinski definition) is 2. The van der Waals surface area contributed by atoms with Gasteiger partial charge >= 0.3 is 0 Å². The summed E-state index contributed by atoms with van der Waals surface area (Å²) in [6.45, 7) is 1.08. The zero-order chi connectivity index (χ0) is 7.84. The van der Waals surface area contributed by atoms with Crippen molar-refractivity contribution in [3.63, 3.8) is 0 Å². The number of amides is 1. The number of nitrogens with zero attached hydrogens (tertiary/aromatic N) is 1. The molecule has 11 heavy (non-hydrogen) atoms. The maximum Gasteiger partial charge on any atom is 0.234 e. The van der Waals surface area contributed by atoms with E-state index in [0.717, 1.165) is 19.4 Å². The molecule has 1 atom stereocenters. The molecule has 1 saturated carbocycles. The summed E-state index contributed by atoms with van der Waals surface area (Å²) in [5.41, 5.74) is 5.27. The molecule has 0 bridgehead atoms. The van der Waals surface area contributed by atoms with Crippen LogP contribution in [0.2, 0.25) is 0 Å². The fourth-order valence-corrected chi connectivity index (χ4v) is 1.94. The molecule has 0 aromatic rings. The van der Waals surface area contributed by atoms with Crippen LogP contribution in [0.5, 0.6) is 0 Å². The molecule has 2 aliphatic rings. The summed E-state index contributed by atoms with van der Waals surface area (Å²) >= 11 is 0. The molecule has 2 N–H and O–H groups in total. The lowest BCUT2D eigenvalue weighted by atomic mass is 10.2. The second kappa shape index (κ2) is 2.48. The van der Waals surface area contributed by atoms with Crippen LogP contribution in [-0.2, 0) is 4.79 Å². The molecule has 2 rings (SSSR count). The van der Waals surface area contributed by atoms with Crippen LogP contribution in [0, 0.1) is 0 Å². The lowest BCUT2D eigenvalue weighted by molar-refractivity contribution is -0.122. The fraction of sp³-hybridized carbons (Fsp3) is 0.875. The fourth-order valence-electron chi connectivity index (χ4n) is 1.94. The van der Waals surface area contributed by atoms with Crippen LogP contribution >= 0.6 is 0 Å². The average molecular weight is 154 g/mol. The monoisotopic (exact) mass is 154 g/mol. The summed E-state index contributed by atoms with van der Waals surface area (Å²) in [6.07, 6.45) is 4.66. The SMILES string of the molecule is NC(=O)C1CCCN1C1CC1. The third-order valence-electron chi connectivity index (χ3n) is 2.64. The van der Waals surface area contributed by atoms with Gasteiger partial charge in [0.25, 0.3) is 0 Å². The Balaban J connectivity index is 2.01. The minimum absolute atomic E-state index is 0.0579. The van der Waals surface area contributed by atoms with E-state index in [0.29, 0.717) is 6.04 Å². The number of rotatable bonds is 2. The maximum atomic E-state index is 10.9. The minimum Gasteiger partial charge on any atom is -0.368 e. The molecule has 1 aliphatic heterocycles. The first-order valence-electron chi connectivity index (χ1n) is 4.34. The normalized spacial score (nSPS) is 32.5. The topological polar surface area (TPSA) is 46.3 Å². The van der Waals surface area contributed by atoms with Gasteiger partial charge < -0.3 is 5.73 Å². The van der Waals surface area contributed by atoms with Crippen molar-refractivity contribution in [1.82, 2.24) is 4.90 Å². The van der Waals surface area contributed by atoms with Gasteiger partial charge in [0.2, 0.25) is 5.91 Å². The molecule has 1 saturated heterocycles. The van der Waals surface area contributed by atoms with Gasteiger partial charge in [-0.05, 0) is 32.2 Å². The summed E-state index contributed by atoms with van der Waals surface area (Å²) in [4.78, 5) is 13.2. The Bertz CT molecular complexity index is 177. The first-order valence-corrected chi connectivity index (χ1v) is 4.34. The highest BCUT2D eigenvalue weighted by molar-refractivity contribution is 5.80. The second-order valence-electron chi connectivity index (χ2n) is 3.53. The molecular weight excluding hydrogens is 140 g/mol. The van der Waals surface area contributed by atoms with Crippen LogP contribution < -0.4 is 5.73 Å². The molecule has 0 aromatic carbocycles. The van der Waals surface area contributed by atoms with Crippen molar-refractivity contribution < 1.29 is 4.79 Å². The van der Waals surface area contributed by atoms with Crippen LogP contribution in [0.25, 0.3) is 0 Å². The quantitative estimate of drug-likeness (QED) is 0.613. The molecule has 3 heteroatoms. The van der Waals surface area contributed by atoms with E-state index in [1.807, 2.05) is 0 Å². The number of likely N-dealkylation sites (tertiary alicyclic amines) is 1. The van der Waals surface area contributed by atoms with E-state index in [4.69, 9.17) is 5.73 Å². The zero-order valence-electron chi connectivity index (χ0n) is 6.62. The highest BCUT2D eigenvalue weighted by Gasteiger charge is 2.38. The van der Waals surface area contributed by atoms with Crippen LogP contribution in [-0.4, -0.2) is 29.4 Å². The Labute approximate surface area is 66.5 Å². The van der Waals surface area contributed by atoms with Crippen molar-refractivity contribution >= 4 is 5.91 Å². The molecule has 62 valence electrons. The summed E-state index contributed by atoms with van der Waals surface area (Å²) < 4.78 is 0. The number of carbonyl (C=O) groups excluding carboxylic acids is 1. The van der Waals surface area contributed by atoms with Crippen LogP contribution in [0.3, 0.4) is 0 Å². The summed E-state index contributed by atoms with van der Waals surface area (Å²) in [5.74, 6) is -0.130. The van der Waals surface area contributed by atoms with Crippen molar-refractivity contribution in [2.45, 2.75) is 37.8 Å². The molecule has 1 aliphatic carbocycles. The minimum atomic E-state index is -0.130. The summed E-state index contributed by atoms with van der Waals surface area (Å²) in [5, 5.41) is 0. The van der Waals surface area contributed by atoms with E-state index in [2.05, 4.69) is 4.90 Å². The third kappa shape index (κ3) is 1.25. The molecule has 0 radical (unpaired) electrons. The standard InChI is InChI=1S/C8H14N2O/c9-8(11)7-2-1-5-10(7)6-3-4-6/h6-7H,1-5H2,(H2,9,11). The van der Waals surface area contributed by atoms with E-state index >= 15 is 0 Å². The van der Waals surface area contributed by atoms with Crippen molar-refractivity contribution in [2.24, 2.45) is 5.73 Å². The third-order valence-corrected chi connectivity index (χ3v) is 2.64. The largest absolute Gasteiger partial charge is 0.368 e. The van der Waals surface area contributed by atoms with E-state index < -0.39 is 0 Å². The molecule has 1 unspecified atom stereocenters. The average Bonchev–Trinajstić information content (AvgIpc) is 2.68. The van der Waals surface area contributed by atoms with Crippen molar-refractivity contribution in [2.75, 3.05) is 6.54 Å². The van der Waals surface area contributed by atoms with Crippen LogP contribution in [0.1, 0.15) is 25.7 Å². The number of nitrogens with two attached hydrogens (primary N) is 1. The van der Waals surface area contributed by atoms with Gasteiger partial charge in [0.15, 0.2) is 0 Å². The predicted octanol–water partition coefficient (Wildman–Crippen LogP) is 0.0985. The predicted molar refractivity (Wildman–Crippen MR) is 41.9 cm³/mol. The van der Waals surface area contributed by atoms with Crippen molar-refractivity contribution in [1.29, 1.82) is 0 Å². The van der Waals surface area contributed by atoms with Gasteiger partial charge in [0.1, 0.15) is 0 Å². The van der Waals surface area contributed by atoms with Crippen molar-refractivity contribution in [3.05, 3.63) is 0 Å². The smallest absolute Gasteiger partial charge is 0.234 e. The highest BCUT2D eigenvalue weighted by atomic mass is 16.1. The summed E-state index contributed by atoms with van der Waals surface area (Å²) in [6, 6.07) is 0.748. The van der Waals surface area contributed by atoms with Gasteiger partial charge in [-0.3, -0.25) is 9.69 Å². The van der Waals surface area contributed by atoms with Crippen molar-refractivity contribution in [3.8, 4) is 0 Å². The van der Waals surface area contributed by atoms with Gasteiger partial charge in [0.05, 0.1) is 6.04 Å². The molecule has 2 fully saturated rings. The Morgan fingerprint density at radius 2 is 2.09 bits per heavy atom. The van der Waals surface area contributed by atoms with Gasteiger partial charge in [-0.25, -0.2) is 0 Å². The van der Waals surface area contributed by atoms with E-state index in [9.17, 15) is 4.79 Å². The van der Waals surface area contributed by atoms with Crippen LogP contribution in [0.4, 0.5) is 0 Å². The van der Waals surface area contributed by atoms with Gasteiger partial charge in [0, 0.05) is 6.04 Å². The van der Waals surface area contributed by atoms with E-state index in [1.165, 1.54) is 12.8 Å². The second-order valence-corrected chi connectivity index (χ2v) is 3.53. The first-order chi connectivity index (χ1) is 5.29. The van der Waals surface area contributed by atoms with Gasteiger partial charge in [-0.1, -0.05) is 0 Å². The summed E-state index contributed by atoms with van der Waals surface area (Å²) in [7, 11) is 0. The van der Waals surface area contributed by atoms with E-state index in [-0.39, 0.29) is 11.9 Å². The first kappa shape index (κ1) is 7.10. The Morgan fingerprint density at radius 3 is 2.64 bits per heavy atom. The molecule has 0 spiro atoms. The molecule has 0 aromatic heterocycles. The Morgan fingerprint density at radius 1 is 1.36 bits per heavy atom. The number of hydrogen-bond donors (Lipinski definition) is 1. The van der Waals surface area contributed by atoms with E-state index in [1.54, 1.807) is 0 Å². The Hall–Kier alpha value is -0.570. The van der Waals surface area contributed by atoms with Gasteiger partial charge in [-0.15, -0.1) is 0 Å². The number of primary amides is 1. The van der Waals surface area contributed by atoms with Gasteiger partial charge in [-0.2, -0.15) is 0 Å². The molecular formula is C8H14N2O. The lowest BCUT2D eigenvalue weighted by Gasteiger charge is -2.20. The maximum absolute atomic E-state index is 10.9. The lowest BCUT2D eigenvalue weighted by Crippen LogP contribution is -2.41. The Kier molecular flexibility index (Phi) is 1.60. The van der Waals surface area contributed by atoms with Crippen LogP contribution in [0.15, 0.2) is 0 Å². The number of carbonyl (C=O) groups is 1. The molecule has 1 amide bonds. The molecule has 1 heterocycles.